The third-order valence-corrected chi connectivity index (χ3v) is 5.69. The summed E-state index contributed by atoms with van der Waals surface area (Å²) < 4.78 is 43.7. The van der Waals surface area contributed by atoms with Crippen LogP contribution in [0.2, 0.25) is 0 Å². The third kappa shape index (κ3) is 7.20. The van der Waals surface area contributed by atoms with Crippen molar-refractivity contribution >= 4 is 0 Å². The fourth-order valence-corrected chi connectivity index (χ4v) is 3.58. The van der Waals surface area contributed by atoms with E-state index < -0.39 is 11.7 Å². The van der Waals surface area contributed by atoms with Crippen molar-refractivity contribution in [3.05, 3.63) is 65.0 Å². The van der Waals surface area contributed by atoms with Gasteiger partial charge in [-0.05, 0) is 55.0 Å². The van der Waals surface area contributed by atoms with Crippen LogP contribution in [0.1, 0.15) is 62.0 Å². The number of aryl methyl sites for hydroxylation is 2. The number of phenols is 1. The van der Waals surface area contributed by atoms with Crippen LogP contribution in [0.5, 0.6) is 11.5 Å². The molecule has 2 aromatic carbocycles. The summed E-state index contributed by atoms with van der Waals surface area (Å²) in [5, 5.41) is 24.5. The van der Waals surface area contributed by atoms with Gasteiger partial charge in [0.1, 0.15) is 11.5 Å². The monoisotopic (exact) mass is 462 g/mol. The average molecular weight is 463 g/mol. The Morgan fingerprint density at radius 3 is 2.36 bits per heavy atom. The molecule has 0 aliphatic carbocycles. The lowest BCUT2D eigenvalue weighted by Crippen LogP contribution is -2.19. The van der Waals surface area contributed by atoms with Crippen molar-refractivity contribution < 1.29 is 23.0 Å². The van der Waals surface area contributed by atoms with Gasteiger partial charge in [0, 0.05) is 11.5 Å². The lowest BCUT2D eigenvalue weighted by Gasteiger charge is -2.19. The van der Waals surface area contributed by atoms with Gasteiger partial charge in [0.05, 0.1) is 12.2 Å². The molecule has 0 aliphatic heterocycles. The van der Waals surface area contributed by atoms with E-state index in [1.807, 2.05) is 0 Å². The minimum absolute atomic E-state index is 0.126. The maximum Gasteiger partial charge on any atom is 0.416 e. The summed E-state index contributed by atoms with van der Waals surface area (Å²) in [5.74, 6) is 1.44. The molecule has 0 saturated heterocycles. The first-order valence-electron chi connectivity index (χ1n) is 11.0. The van der Waals surface area contributed by atoms with Crippen molar-refractivity contribution in [3.63, 3.8) is 0 Å². The molecule has 33 heavy (non-hydrogen) atoms. The zero-order valence-corrected chi connectivity index (χ0v) is 18.8. The molecule has 178 valence electrons. The molecule has 1 aromatic heterocycles. The molecular formula is C24H29F3N4O2. The molecule has 1 heterocycles. The van der Waals surface area contributed by atoms with E-state index in [4.69, 9.17) is 4.74 Å². The molecule has 3 rings (SSSR count). The highest BCUT2D eigenvalue weighted by molar-refractivity contribution is 5.40. The van der Waals surface area contributed by atoms with E-state index in [1.54, 1.807) is 18.2 Å². The molecule has 3 aromatic rings. The Bertz CT molecular complexity index is 1000. The van der Waals surface area contributed by atoms with Crippen molar-refractivity contribution in [2.75, 3.05) is 6.61 Å². The largest absolute Gasteiger partial charge is 0.508 e. The Kier molecular flexibility index (Phi) is 7.94. The smallest absolute Gasteiger partial charge is 0.416 e. The van der Waals surface area contributed by atoms with Crippen LogP contribution >= 0.6 is 0 Å². The van der Waals surface area contributed by atoms with Gasteiger partial charge in [0.25, 0.3) is 0 Å². The second-order valence-electron chi connectivity index (χ2n) is 8.76. The molecule has 0 atom stereocenters. The van der Waals surface area contributed by atoms with Crippen molar-refractivity contribution in [2.24, 2.45) is 0 Å². The summed E-state index contributed by atoms with van der Waals surface area (Å²) in [7, 11) is 0. The highest BCUT2D eigenvalue weighted by atomic mass is 19.4. The fraction of sp³-hybridized carbons (Fsp3) is 0.458. The fourth-order valence-electron chi connectivity index (χ4n) is 3.58. The number of nitrogens with one attached hydrogen (secondary N) is 1. The van der Waals surface area contributed by atoms with Crippen LogP contribution in [-0.2, 0) is 24.4 Å². The van der Waals surface area contributed by atoms with Crippen molar-refractivity contribution in [2.45, 2.75) is 64.0 Å². The molecule has 6 nitrogen and oxygen atoms in total. The Labute approximate surface area is 191 Å². The minimum Gasteiger partial charge on any atom is -0.508 e. The van der Waals surface area contributed by atoms with E-state index in [9.17, 15) is 18.3 Å². The van der Waals surface area contributed by atoms with Crippen LogP contribution in [-0.4, -0.2) is 32.3 Å². The summed E-state index contributed by atoms with van der Waals surface area (Å²) in [6, 6.07) is 10.3. The summed E-state index contributed by atoms with van der Waals surface area (Å²) in [5.41, 5.74) is 0.720. The number of halogens is 3. The van der Waals surface area contributed by atoms with E-state index in [-0.39, 0.29) is 11.2 Å². The standard InChI is InChI=1S/C24H29F3N4O2/c1-23(2,22-28-30-31-29-22)14-4-3-5-15-33-20-13-10-18(21(32)16-20)9-6-17-7-11-19(12-8-17)24(25,26)27/h7-8,10-13,16,32H,3-6,9,14-15H2,1-2H3,(H,28,29,30,31). The zero-order valence-electron chi connectivity index (χ0n) is 18.8. The molecular weight excluding hydrogens is 433 g/mol. The van der Waals surface area contributed by atoms with E-state index >= 15 is 0 Å². The number of aromatic amines is 1. The van der Waals surface area contributed by atoms with Gasteiger partial charge < -0.3 is 9.84 Å². The average Bonchev–Trinajstić information content (AvgIpc) is 3.31. The van der Waals surface area contributed by atoms with Gasteiger partial charge in [-0.1, -0.05) is 50.1 Å². The number of nitrogens with zero attached hydrogens (tertiary/aromatic N) is 3. The van der Waals surface area contributed by atoms with E-state index in [0.29, 0.717) is 31.0 Å². The predicted molar refractivity (Wildman–Crippen MR) is 118 cm³/mol. The number of hydrogen-bond donors (Lipinski definition) is 2. The second kappa shape index (κ2) is 10.7. The molecule has 2 N–H and O–H groups in total. The number of unbranched alkanes of at least 4 members (excludes halogenated alkanes) is 2. The van der Waals surface area contributed by atoms with Crippen LogP contribution in [0.25, 0.3) is 0 Å². The minimum atomic E-state index is -4.33. The molecule has 0 bridgehead atoms. The first-order chi connectivity index (χ1) is 15.6. The van der Waals surface area contributed by atoms with Gasteiger partial charge in [-0.3, -0.25) is 0 Å². The lowest BCUT2D eigenvalue weighted by molar-refractivity contribution is -0.137. The SMILES string of the molecule is CC(C)(CCCCCOc1ccc(CCc2ccc(C(F)(F)F)cc2)c(O)c1)c1nn[nH]n1. The van der Waals surface area contributed by atoms with Gasteiger partial charge in [0.15, 0.2) is 5.82 Å². The molecule has 0 spiro atoms. The normalized spacial score (nSPS) is 12.2. The lowest BCUT2D eigenvalue weighted by atomic mass is 9.86. The van der Waals surface area contributed by atoms with Gasteiger partial charge in [-0.2, -0.15) is 18.4 Å². The number of rotatable bonds is 11. The second-order valence-corrected chi connectivity index (χ2v) is 8.76. The van der Waals surface area contributed by atoms with Crippen LogP contribution in [0.15, 0.2) is 42.5 Å². The molecule has 0 amide bonds. The van der Waals surface area contributed by atoms with Gasteiger partial charge >= 0.3 is 6.18 Å². The Balaban J connectivity index is 1.38. The number of benzene rings is 2. The Morgan fingerprint density at radius 1 is 0.970 bits per heavy atom. The van der Waals surface area contributed by atoms with E-state index in [0.717, 1.165) is 48.9 Å². The number of H-pyrrole nitrogens is 1. The van der Waals surface area contributed by atoms with Crippen molar-refractivity contribution in [1.29, 1.82) is 0 Å². The zero-order chi connectivity index (χ0) is 23.9. The van der Waals surface area contributed by atoms with Gasteiger partial charge in [-0.25, -0.2) is 0 Å². The Morgan fingerprint density at radius 2 is 1.73 bits per heavy atom. The number of aromatic hydroxyl groups is 1. The number of phenolic OH excluding ortho intramolecular Hbond substituents is 1. The molecule has 0 unspecified atom stereocenters. The Hall–Kier alpha value is -3.10. The molecule has 0 aliphatic rings. The molecule has 0 fully saturated rings. The van der Waals surface area contributed by atoms with E-state index in [2.05, 4.69) is 34.5 Å². The quantitative estimate of drug-likeness (QED) is 0.361. The summed E-state index contributed by atoms with van der Waals surface area (Å²) in [6.45, 7) is 4.74. The van der Waals surface area contributed by atoms with Gasteiger partial charge in [0.2, 0.25) is 0 Å². The maximum absolute atomic E-state index is 12.7. The van der Waals surface area contributed by atoms with Crippen LogP contribution in [0, 0.1) is 0 Å². The first kappa shape index (κ1) is 24.5. The summed E-state index contributed by atoms with van der Waals surface area (Å²) in [6.07, 6.45) is 0.565. The van der Waals surface area contributed by atoms with Gasteiger partial charge in [-0.15, -0.1) is 10.2 Å². The van der Waals surface area contributed by atoms with E-state index in [1.165, 1.54) is 12.1 Å². The highest BCUT2D eigenvalue weighted by Gasteiger charge is 2.29. The van der Waals surface area contributed by atoms with Crippen molar-refractivity contribution in [1.82, 2.24) is 20.6 Å². The third-order valence-electron chi connectivity index (χ3n) is 5.69. The molecule has 9 heteroatoms. The summed E-state index contributed by atoms with van der Waals surface area (Å²) >= 11 is 0. The first-order valence-corrected chi connectivity index (χ1v) is 11.0. The molecule has 0 saturated carbocycles. The number of ether oxygens (including phenoxy) is 1. The number of alkyl halides is 3. The topological polar surface area (TPSA) is 83.9 Å². The highest BCUT2D eigenvalue weighted by Crippen LogP contribution is 2.30. The predicted octanol–water partition coefficient (Wildman–Crippen LogP) is 5.63. The van der Waals surface area contributed by atoms with Crippen molar-refractivity contribution in [3.8, 4) is 11.5 Å². The number of aromatic nitrogens is 4. The van der Waals surface area contributed by atoms with Crippen LogP contribution in [0.4, 0.5) is 13.2 Å². The number of hydrogen-bond acceptors (Lipinski definition) is 5. The van der Waals surface area contributed by atoms with Crippen LogP contribution in [0.3, 0.4) is 0 Å². The number of tetrazole rings is 1. The van der Waals surface area contributed by atoms with Crippen LogP contribution < -0.4 is 4.74 Å². The summed E-state index contributed by atoms with van der Waals surface area (Å²) in [4.78, 5) is 0. The molecule has 0 radical (unpaired) electrons. The maximum atomic E-state index is 12.7.